The van der Waals surface area contributed by atoms with E-state index in [1.54, 1.807) is 7.11 Å². The van der Waals surface area contributed by atoms with Crippen molar-refractivity contribution >= 4 is 0 Å². The maximum absolute atomic E-state index is 5.06. The summed E-state index contributed by atoms with van der Waals surface area (Å²) in [7, 11) is 1.77. The highest BCUT2D eigenvalue weighted by atomic mass is 16.5. The lowest BCUT2D eigenvalue weighted by molar-refractivity contribution is 0.174. The van der Waals surface area contributed by atoms with Crippen LogP contribution >= 0.6 is 0 Å². The molecule has 0 aliphatic heterocycles. The zero-order valence-electron chi connectivity index (χ0n) is 9.60. The number of methoxy groups -OCH3 is 1. The van der Waals surface area contributed by atoms with Crippen molar-refractivity contribution in [3.05, 3.63) is 0 Å². The fraction of sp³-hybridized carbons (Fsp3) is 1.00. The Morgan fingerprint density at radius 1 is 1.23 bits per heavy atom. The molecule has 0 rings (SSSR count). The van der Waals surface area contributed by atoms with Gasteiger partial charge < -0.3 is 10.1 Å². The Hall–Kier alpha value is -0.0800. The highest BCUT2D eigenvalue weighted by Gasteiger charge is 2.07. The smallest absolute Gasteiger partial charge is 0.0464 e. The van der Waals surface area contributed by atoms with E-state index < -0.39 is 0 Å². The Morgan fingerprint density at radius 2 is 1.92 bits per heavy atom. The van der Waals surface area contributed by atoms with Gasteiger partial charge in [0.15, 0.2) is 0 Å². The number of hydrogen-bond acceptors (Lipinski definition) is 2. The molecule has 1 N–H and O–H groups in total. The van der Waals surface area contributed by atoms with Gasteiger partial charge in [0.1, 0.15) is 0 Å². The van der Waals surface area contributed by atoms with Crippen molar-refractivity contribution in [1.29, 1.82) is 0 Å². The summed E-state index contributed by atoms with van der Waals surface area (Å²) in [6.45, 7) is 9.90. The summed E-state index contributed by atoms with van der Waals surface area (Å²) in [4.78, 5) is 0. The average molecular weight is 187 g/mol. The molecule has 0 aromatic rings. The van der Waals surface area contributed by atoms with Crippen LogP contribution in [0.15, 0.2) is 0 Å². The normalized spacial score (nSPS) is 15.7. The summed E-state index contributed by atoms with van der Waals surface area (Å²) in [5.41, 5.74) is 0. The number of hydrogen-bond donors (Lipinski definition) is 1. The number of nitrogens with one attached hydrogen (secondary N) is 1. The van der Waals surface area contributed by atoms with Crippen molar-refractivity contribution < 1.29 is 4.74 Å². The van der Waals surface area contributed by atoms with Crippen molar-refractivity contribution in [2.75, 3.05) is 26.8 Å². The summed E-state index contributed by atoms with van der Waals surface area (Å²) in [6, 6.07) is 0. The van der Waals surface area contributed by atoms with E-state index in [9.17, 15) is 0 Å². The van der Waals surface area contributed by atoms with E-state index >= 15 is 0 Å². The van der Waals surface area contributed by atoms with Gasteiger partial charge in [-0.2, -0.15) is 0 Å². The molecule has 0 saturated carbocycles. The zero-order chi connectivity index (χ0) is 10.1. The second-order valence-electron chi connectivity index (χ2n) is 4.04. The summed E-state index contributed by atoms with van der Waals surface area (Å²) in [5.74, 6) is 1.57. The van der Waals surface area contributed by atoms with Crippen molar-refractivity contribution in [3.8, 4) is 0 Å². The molecule has 0 radical (unpaired) electrons. The fourth-order valence-electron chi connectivity index (χ4n) is 1.60. The zero-order valence-corrected chi connectivity index (χ0v) is 9.60. The molecular formula is C11H25NO. The highest BCUT2D eigenvalue weighted by Crippen LogP contribution is 2.14. The first-order valence-corrected chi connectivity index (χ1v) is 5.40. The van der Waals surface area contributed by atoms with E-state index in [4.69, 9.17) is 4.74 Å². The SMILES string of the molecule is CCNCC(C)CC(C)CCOC. The van der Waals surface area contributed by atoms with Crippen molar-refractivity contribution in [3.63, 3.8) is 0 Å². The molecule has 0 saturated heterocycles. The van der Waals surface area contributed by atoms with Gasteiger partial charge in [-0.3, -0.25) is 0 Å². The Kier molecular flexibility index (Phi) is 8.46. The minimum absolute atomic E-state index is 0.784. The minimum atomic E-state index is 0.784. The van der Waals surface area contributed by atoms with Crippen LogP contribution in [0, 0.1) is 11.8 Å². The number of rotatable bonds is 8. The van der Waals surface area contributed by atoms with Gasteiger partial charge >= 0.3 is 0 Å². The standard InChI is InChI=1S/C11H25NO/c1-5-12-9-11(3)8-10(2)6-7-13-4/h10-12H,5-9H2,1-4H3. The van der Waals surface area contributed by atoms with Gasteiger partial charge in [0, 0.05) is 13.7 Å². The third-order valence-corrected chi connectivity index (χ3v) is 2.36. The van der Waals surface area contributed by atoms with Crippen LogP contribution in [0.25, 0.3) is 0 Å². The first kappa shape index (κ1) is 12.9. The summed E-state index contributed by atoms with van der Waals surface area (Å²) in [6.07, 6.45) is 2.49. The van der Waals surface area contributed by atoms with Gasteiger partial charge in [-0.05, 0) is 37.8 Å². The molecule has 0 aliphatic rings. The first-order chi connectivity index (χ1) is 6.20. The van der Waals surface area contributed by atoms with E-state index in [-0.39, 0.29) is 0 Å². The van der Waals surface area contributed by atoms with Crippen LogP contribution < -0.4 is 5.32 Å². The van der Waals surface area contributed by atoms with E-state index in [0.29, 0.717) is 0 Å². The molecule has 2 heteroatoms. The molecular weight excluding hydrogens is 162 g/mol. The van der Waals surface area contributed by atoms with Gasteiger partial charge in [0.25, 0.3) is 0 Å². The third kappa shape index (κ3) is 8.26. The lowest BCUT2D eigenvalue weighted by atomic mass is 9.95. The molecule has 2 nitrogen and oxygen atoms in total. The van der Waals surface area contributed by atoms with E-state index in [1.807, 2.05) is 0 Å². The van der Waals surface area contributed by atoms with Crippen LogP contribution in [0.1, 0.15) is 33.6 Å². The van der Waals surface area contributed by atoms with Gasteiger partial charge in [0.05, 0.1) is 0 Å². The predicted molar refractivity (Wildman–Crippen MR) is 58.0 cm³/mol. The van der Waals surface area contributed by atoms with Crippen molar-refractivity contribution in [1.82, 2.24) is 5.32 Å². The molecule has 0 heterocycles. The maximum atomic E-state index is 5.06. The fourth-order valence-corrected chi connectivity index (χ4v) is 1.60. The molecule has 13 heavy (non-hydrogen) atoms. The van der Waals surface area contributed by atoms with Gasteiger partial charge in [-0.25, -0.2) is 0 Å². The van der Waals surface area contributed by atoms with Crippen LogP contribution in [-0.2, 0) is 4.74 Å². The topological polar surface area (TPSA) is 21.3 Å². The van der Waals surface area contributed by atoms with Crippen LogP contribution in [0.4, 0.5) is 0 Å². The van der Waals surface area contributed by atoms with Gasteiger partial charge in [0.2, 0.25) is 0 Å². The molecule has 0 amide bonds. The van der Waals surface area contributed by atoms with Crippen LogP contribution in [0.5, 0.6) is 0 Å². The maximum Gasteiger partial charge on any atom is 0.0464 e. The largest absolute Gasteiger partial charge is 0.385 e. The van der Waals surface area contributed by atoms with E-state index in [0.717, 1.165) is 31.5 Å². The lowest BCUT2D eigenvalue weighted by Crippen LogP contribution is -2.22. The second-order valence-corrected chi connectivity index (χ2v) is 4.04. The Morgan fingerprint density at radius 3 is 2.46 bits per heavy atom. The van der Waals surface area contributed by atoms with Crippen LogP contribution in [-0.4, -0.2) is 26.8 Å². The van der Waals surface area contributed by atoms with Crippen molar-refractivity contribution in [2.24, 2.45) is 11.8 Å². The monoisotopic (exact) mass is 187 g/mol. The molecule has 0 bridgehead atoms. The minimum Gasteiger partial charge on any atom is -0.385 e. The second kappa shape index (κ2) is 8.52. The quantitative estimate of drug-likeness (QED) is 0.629. The highest BCUT2D eigenvalue weighted by molar-refractivity contribution is 4.61. The van der Waals surface area contributed by atoms with Crippen LogP contribution in [0.2, 0.25) is 0 Å². The average Bonchev–Trinajstić information content (AvgIpc) is 2.11. The summed E-state index contributed by atoms with van der Waals surface area (Å²) < 4.78 is 5.06. The molecule has 0 aromatic carbocycles. The molecule has 0 aromatic heterocycles. The van der Waals surface area contributed by atoms with E-state index in [2.05, 4.69) is 26.1 Å². The molecule has 0 aliphatic carbocycles. The summed E-state index contributed by atoms with van der Waals surface area (Å²) >= 11 is 0. The molecule has 0 spiro atoms. The number of ether oxygens (including phenoxy) is 1. The predicted octanol–water partition coefficient (Wildman–Crippen LogP) is 2.29. The molecule has 0 fully saturated rings. The summed E-state index contributed by atoms with van der Waals surface area (Å²) in [5, 5.41) is 3.38. The third-order valence-electron chi connectivity index (χ3n) is 2.36. The molecule has 2 unspecified atom stereocenters. The Bertz CT molecular complexity index is 94.3. The van der Waals surface area contributed by atoms with Gasteiger partial charge in [-0.1, -0.05) is 20.8 Å². The Labute approximate surface area is 83.1 Å². The van der Waals surface area contributed by atoms with E-state index in [1.165, 1.54) is 12.8 Å². The van der Waals surface area contributed by atoms with Crippen molar-refractivity contribution in [2.45, 2.75) is 33.6 Å². The van der Waals surface area contributed by atoms with Crippen LogP contribution in [0.3, 0.4) is 0 Å². The Balaban J connectivity index is 3.35. The lowest BCUT2D eigenvalue weighted by Gasteiger charge is -2.16. The van der Waals surface area contributed by atoms with Gasteiger partial charge in [-0.15, -0.1) is 0 Å². The molecule has 2 atom stereocenters. The molecule has 80 valence electrons. The first-order valence-electron chi connectivity index (χ1n) is 5.40.